The van der Waals surface area contributed by atoms with Gasteiger partial charge in [0, 0.05) is 18.8 Å². The van der Waals surface area contributed by atoms with Crippen LogP contribution in [0.3, 0.4) is 0 Å². The van der Waals surface area contributed by atoms with Crippen LogP contribution < -0.4 is 5.32 Å². The highest BCUT2D eigenvalue weighted by Gasteiger charge is 2.32. The molecule has 3 rings (SSSR count). The molecule has 0 unspecified atom stereocenters. The number of carbonyl (C=O) groups is 1. The number of carbonyl (C=O) groups excluding carboxylic acids is 1. The molecule has 1 aromatic heterocycles. The molecule has 0 radical (unpaired) electrons. The minimum atomic E-state index is -3.00. The molecule has 1 fully saturated rings. The van der Waals surface area contributed by atoms with Gasteiger partial charge in [-0.3, -0.25) is 4.79 Å². The Morgan fingerprint density at radius 1 is 1.33 bits per heavy atom. The van der Waals surface area contributed by atoms with E-state index < -0.39 is 9.84 Å². The van der Waals surface area contributed by atoms with Crippen molar-refractivity contribution in [3.8, 4) is 0 Å². The molecule has 1 aromatic carbocycles. The van der Waals surface area contributed by atoms with E-state index in [2.05, 4.69) is 35.4 Å². The Kier molecular flexibility index (Phi) is 6.07. The summed E-state index contributed by atoms with van der Waals surface area (Å²) >= 11 is 2.70. The predicted octanol–water partition coefficient (Wildman–Crippen LogP) is 2.64. The fourth-order valence-electron chi connectivity index (χ4n) is 2.77. The quantitative estimate of drug-likeness (QED) is 0.710. The second-order valence-electron chi connectivity index (χ2n) is 6.65. The molecule has 7 nitrogen and oxygen atoms in total. The Labute approximate surface area is 167 Å². The summed E-state index contributed by atoms with van der Waals surface area (Å²) in [4.78, 5) is 13.9. The molecule has 1 aliphatic rings. The molecule has 2 aromatic rings. The van der Waals surface area contributed by atoms with Crippen molar-refractivity contribution in [2.45, 2.75) is 30.6 Å². The van der Waals surface area contributed by atoms with Gasteiger partial charge < -0.3 is 10.2 Å². The fraction of sp³-hybridized carbons (Fsp3) is 0.471. The van der Waals surface area contributed by atoms with Crippen LogP contribution in [0.5, 0.6) is 0 Å². The number of sulfone groups is 1. The van der Waals surface area contributed by atoms with E-state index in [4.69, 9.17) is 0 Å². The van der Waals surface area contributed by atoms with Gasteiger partial charge in [-0.1, -0.05) is 29.2 Å². The molecule has 27 heavy (non-hydrogen) atoms. The normalized spacial score (nSPS) is 18.4. The van der Waals surface area contributed by atoms with Gasteiger partial charge in [0.15, 0.2) is 14.2 Å². The molecule has 0 saturated carbocycles. The van der Waals surface area contributed by atoms with Gasteiger partial charge in [0.2, 0.25) is 11.0 Å². The van der Waals surface area contributed by atoms with Crippen LogP contribution in [0.4, 0.5) is 10.8 Å². The third-order valence-corrected chi connectivity index (χ3v) is 8.34. The minimum absolute atomic E-state index is 0.0583. The molecular formula is C17H22N4O3S3. The first kappa shape index (κ1) is 20.1. The molecule has 0 aliphatic carbocycles. The van der Waals surface area contributed by atoms with Crippen LogP contribution in [0.25, 0.3) is 0 Å². The van der Waals surface area contributed by atoms with Gasteiger partial charge in [0.25, 0.3) is 0 Å². The second kappa shape index (κ2) is 8.15. The number of thioether (sulfide) groups is 1. The number of amides is 1. The SMILES string of the molecule is Cc1ccc(Nc2nnc(SCC(=O)N(C)[C@H]3CCS(=O)(=O)C3)s2)cc1C. The average molecular weight is 427 g/mol. The molecular weight excluding hydrogens is 404 g/mol. The van der Waals surface area contributed by atoms with Crippen LogP contribution in [0.2, 0.25) is 0 Å². The lowest BCUT2D eigenvalue weighted by molar-refractivity contribution is -0.128. The number of aromatic nitrogens is 2. The van der Waals surface area contributed by atoms with Crippen molar-refractivity contribution in [3.63, 3.8) is 0 Å². The van der Waals surface area contributed by atoms with Gasteiger partial charge in [0.1, 0.15) is 0 Å². The standard InChI is InChI=1S/C17H22N4O3S3/c1-11-4-5-13(8-12(11)2)18-16-19-20-17(26-16)25-9-15(22)21(3)14-6-7-27(23,24)10-14/h4-5,8,14H,6-7,9-10H2,1-3H3,(H,18,19)/t14-/m0/s1. The molecule has 1 amide bonds. The van der Waals surface area contributed by atoms with E-state index in [1.54, 1.807) is 11.9 Å². The molecule has 2 heterocycles. The van der Waals surface area contributed by atoms with Gasteiger partial charge in [-0.05, 0) is 43.5 Å². The summed E-state index contributed by atoms with van der Waals surface area (Å²) in [6.45, 7) is 4.12. The van der Waals surface area contributed by atoms with Gasteiger partial charge >= 0.3 is 0 Å². The Morgan fingerprint density at radius 3 is 2.78 bits per heavy atom. The number of aryl methyl sites for hydroxylation is 2. The van der Waals surface area contributed by atoms with E-state index in [9.17, 15) is 13.2 Å². The van der Waals surface area contributed by atoms with Gasteiger partial charge in [-0.15, -0.1) is 10.2 Å². The Morgan fingerprint density at radius 2 is 2.11 bits per heavy atom. The monoisotopic (exact) mass is 426 g/mol. The van der Waals surface area contributed by atoms with Crippen LogP contribution in [-0.4, -0.2) is 59.8 Å². The summed E-state index contributed by atoms with van der Waals surface area (Å²) in [7, 11) is -1.33. The number of rotatable bonds is 6. The number of benzene rings is 1. The zero-order valence-electron chi connectivity index (χ0n) is 15.4. The molecule has 1 saturated heterocycles. The highest BCUT2D eigenvalue weighted by atomic mass is 32.2. The first-order valence-corrected chi connectivity index (χ1v) is 12.1. The van der Waals surface area contributed by atoms with Gasteiger partial charge in [-0.2, -0.15) is 0 Å². The average Bonchev–Trinajstić information content (AvgIpc) is 3.21. The Hall–Kier alpha value is -1.65. The molecule has 10 heteroatoms. The Balaban J connectivity index is 1.53. The first-order chi connectivity index (χ1) is 12.7. The maximum atomic E-state index is 12.3. The topological polar surface area (TPSA) is 92.3 Å². The summed E-state index contributed by atoms with van der Waals surface area (Å²) in [6.07, 6.45) is 0.512. The lowest BCUT2D eigenvalue weighted by atomic mass is 10.1. The zero-order valence-corrected chi connectivity index (χ0v) is 17.9. The van der Waals surface area contributed by atoms with Crippen molar-refractivity contribution in [3.05, 3.63) is 29.3 Å². The molecule has 0 bridgehead atoms. The smallest absolute Gasteiger partial charge is 0.233 e. The lowest BCUT2D eigenvalue weighted by Gasteiger charge is -2.22. The maximum absolute atomic E-state index is 12.3. The lowest BCUT2D eigenvalue weighted by Crippen LogP contribution is -2.38. The zero-order chi connectivity index (χ0) is 19.6. The van der Waals surface area contributed by atoms with E-state index in [1.807, 2.05) is 12.1 Å². The van der Waals surface area contributed by atoms with E-state index in [1.165, 1.54) is 34.2 Å². The molecule has 1 aliphatic heterocycles. The van der Waals surface area contributed by atoms with E-state index in [-0.39, 0.29) is 29.2 Å². The maximum Gasteiger partial charge on any atom is 0.233 e. The van der Waals surface area contributed by atoms with Crippen LogP contribution in [0, 0.1) is 13.8 Å². The summed E-state index contributed by atoms with van der Waals surface area (Å²) in [5.41, 5.74) is 3.37. The number of hydrogen-bond acceptors (Lipinski definition) is 8. The molecule has 0 spiro atoms. The number of hydrogen-bond donors (Lipinski definition) is 1. The Bertz CT molecular complexity index is 943. The third kappa shape index (κ3) is 5.20. The summed E-state index contributed by atoms with van der Waals surface area (Å²) < 4.78 is 23.8. The van der Waals surface area contributed by atoms with Gasteiger partial charge in [0.05, 0.1) is 17.3 Å². The van der Waals surface area contributed by atoms with E-state index >= 15 is 0 Å². The minimum Gasteiger partial charge on any atom is -0.341 e. The third-order valence-electron chi connectivity index (χ3n) is 4.63. The van der Waals surface area contributed by atoms with Crippen molar-refractivity contribution in [2.75, 3.05) is 29.6 Å². The first-order valence-electron chi connectivity index (χ1n) is 8.50. The highest BCUT2D eigenvalue weighted by molar-refractivity contribution is 8.01. The fourth-order valence-corrected chi connectivity index (χ4v) is 6.24. The number of nitrogens with one attached hydrogen (secondary N) is 1. The predicted molar refractivity (Wildman–Crippen MR) is 110 cm³/mol. The van der Waals surface area contributed by atoms with E-state index in [0.29, 0.717) is 15.9 Å². The van der Waals surface area contributed by atoms with Gasteiger partial charge in [-0.25, -0.2) is 8.42 Å². The van der Waals surface area contributed by atoms with Crippen molar-refractivity contribution in [1.82, 2.24) is 15.1 Å². The van der Waals surface area contributed by atoms with Crippen molar-refractivity contribution in [1.29, 1.82) is 0 Å². The molecule has 146 valence electrons. The van der Waals surface area contributed by atoms with E-state index in [0.717, 1.165) is 5.69 Å². The number of anilines is 2. The van der Waals surface area contributed by atoms with Crippen LogP contribution in [-0.2, 0) is 14.6 Å². The largest absolute Gasteiger partial charge is 0.341 e. The van der Waals surface area contributed by atoms with Crippen LogP contribution >= 0.6 is 23.1 Å². The van der Waals surface area contributed by atoms with Crippen molar-refractivity contribution >= 4 is 49.7 Å². The summed E-state index contributed by atoms with van der Waals surface area (Å²) in [5.74, 6) is 0.335. The molecule has 1 N–H and O–H groups in total. The van der Waals surface area contributed by atoms with Crippen molar-refractivity contribution in [2.24, 2.45) is 0 Å². The van der Waals surface area contributed by atoms with Crippen LogP contribution in [0.15, 0.2) is 22.5 Å². The summed E-state index contributed by atoms with van der Waals surface area (Å²) in [6, 6.07) is 5.87. The molecule has 1 atom stereocenters. The number of nitrogens with zero attached hydrogens (tertiary/aromatic N) is 3. The van der Waals surface area contributed by atoms with Crippen molar-refractivity contribution < 1.29 is 13.2 Å². The highest BCUT2D eigenvalue weighted by Crippen LogP contribution is 2.28. The van der Waals surface area contributed by atoms with Crippen LogP contribution in [0.1, 0.15) is 17.5 Å². The summed E-state index contributed by atoms with van der Waals surface area (Å²) in [5, 5.41) is 12.1. The second-order valence-corrected chi connectivity index (χ2v) is 11.1.